The van der Waals surface area contributed by atoms with E-state index in [0.717, 1.165) is 12.1 Å². The van der Waals surface area contributed by atoms with Crippen molar-refractivity contribution in [3.8, 4) is 0 Å². The second-order valence-corrected chi connectivity index (χ2v) is 5.90. The average Bonchev–Trinajstić information content (AvgIpc) is 2.89. The first-order valence-corrected chi connectivity index (χ1v) is 7.36. The summed E-state index contributed by atoms with van der Waals surface area (Å²) in [5, 5.41) is 16.2. The van der Waals surface area contributed by atoms with E-state index >= 15 is 0 Å². The summed E-state index contributed by atoms with van der Waals surface area (Å²) in [6.45, 7) is 0. The van der Waals surface area contributed by atoms with Gasteiger partial charge in [-0.3, -0.25) is 9.48 Å². The van der Waals surface area contributed by atoms with Gasteiger partial charge < -0.3 is 10.4 Å². The molecule has 2 N–H and O–H groups in total. The lowest BCUT2D eigenvalue weighted by molar-refractivity contribution is 0.0229. The maximum absolute atomic E-state index is 14.1. The summed E-state index contributed by atoms with van der Waals surface area (Å²) in [4.78, 5) is 12.3. The molecule has 0 unspecified atom stereocenters. The normalized spacial score (nSPS) is 21.6. The fourth-order valence-corrected chi connectivity index (χ4v) is 2.87. The van der Waals surface area contributed by atoms with Crippen molar-refractivity contribution in [2.24, 2.45) is 13.0 Å². The highest BCUT2D eigenvalue weighted by molar-refractivity contribution is 5.94. The van der Waals surface area contributed by atoms with Gasteiger partial charge in [-0.2, -0.15) is 5.10 Å². The smallest absolute Gasteiger partial charge is 0.254 e. The minimum absolute atomic E-state index is 0.0921. The zero-order valence-corrected chi connectivity index (χ0v) is 12.5. The first-order chi connectivity index (χ1) is 10.9. The van der Waals surface area contributed by atoms with Crippen LogP contribution in [0.3, 0.4) is 0 Å². The summed E-state index contributed by atoms with van der Waals surface area (Å²) >= 11 is 0. The van der Waals surface area contributed by atoms with Crippen molar-refractivity contribution in [1.82, 2.24) is 15.1 Å². The summed E-state index contributed by atoms with van der Waals surface area (Å²) in [5.41, 5.74) is 0.584. The molecule has 1 aromatic carbocycles. The average molecular weight is 321 g/mol. The summed E-state index contributed by atoms with van der Waals surface area (Å²) < 4.78 is 28.7. The molecular formula is C16H17F2N3O2. The van der Waals surface area contributed by atoms with E-state index in [-0.39, 0.29) is 17.4 Å². The SMILES string of the molecule is Cn1cc(C(=O)N[C@H](c2ccc(F)cc2F)C2CC(O)C2)cn1. The number of rotatable bonds is 4. The molecule has 1 saturated carbocycles. The van der Waals surface area contributed by atoms with Crippen molar-refractivity contribution in [3.05, 3.63) is 53.4 Å². The second-order valence-electron chi connectivity index (χ2n) is 5.90. The minimum Gasteiger partial charge on any atom is -0.393 e. The van der Waals surface area contributed by atoms with Crippen LogP contribution in [0.4, 0.5) is 8.78 Å². The molecule has 7 heteroatoms. The van der Waals surface area contributed by atoms with E-state index in [1.807, 2.05) is 0 Å². The number of nitrogens with zero attached hydrogens (tertiary/aromatic N) is 2. The lowest BCUT2D eigenvalue weighted by Crippen LogP contribution is -2.41. The van der Waals surface area contributed by atoms with Gasteiger partial charge in [-0.25, -0.2) is 8.78 Å². The predicted octanol–water partition coefficient (Wildman–Crippen LogP) is 1.94. The molecule has 0 radical (unpaired) electrons. The zero-order chi connectivity index (χ0) is 16.6. The Bertz CT molecular complexity index is 726. The quantitative estimate of drug-likeness (QED) is 0.904. The van der Waals surface area contributed by atoms with Crippen LogP contribution in [0.5, 0.6) is 0 Å². The molecule has 0 spiro atoms. The molecule has 23 heavy (non-hydrogen) atoms. The third-order valence-electron chi connectivity index (χ3n) is 4.17. The van der Waals surface area contributed by atoms with E-state index in [9.17, 15) is 18.7 Å². The molecule has 0 bridgehead atoms. The number of carbonyl (C=O) groups is 1. The van der Waals surface area contributed by atoms with Crippen molar-refractivity contribution < 1.29 is 18.7 Å². The Morgan fingerprint density at radius 1 is 1.43 bits per heavy atom. The number of halogens is 2. The largest absolute Gasteiger partial charge is 0.393 e. The van der Waals surface area contributed by atoms with Crippen molar-refractivity contribution in [2.45, 2.75) is 25.0 Å². The minimum atomic E-state index is -0.706. The van der Waals surface area contributed by atoms with Crippen molar-refractivity contribution >= 4 is 5.91 Å². The van der Waals surface area contributed by atoms with Crippen LogP contribution in [0.25, 0.3) is 0 Å². The monoisotopic (exact) mass is 321 g/mol. The molecule has 1 aliphatic rings. The molecule has 1 aromatic heterocycles. The van der Waals surface area contributed by atoms with E-state index in [0.29, 0.717) is 18.4 Å². The number of carbonyl (C=O) groups excluding carboxylic acids is 1. The highest BCUT2D eigenvalue weighted by Gasteiger charge is 2.37. The maximum Gasteiger partial charge on any atom is 0.254 e. The Balaban J connectivity index is 1.85. The molecule has 1 atom stereocenters. The third-order valence-corrected chi connectivity index (χ3v) is 4.17. The Hall–Kier alpha value is -2.28. The highest BCUT2D eigenvalue weighted by atomic mass is 19.1. The van der Waals surface area contributed by atoms with Gasteiger partial charge in [-0.1, -0.05) is 6.07 Å². The van der Waals surface area contributed by atoms with Crippen LogP contribution >= 0.6 is 0 Å². The van der Waals surface area contributed by atoms with E-state index in [1.165, 1.54) is 16.9 Å². The van der Waals surface area contributed by atoms with Gasteiger partial charge in [0.15, 0.2) is 0 Å². The molecule has 3 rings (SSSR count). The Morgan fingerprint density at radius 3 is 2.74 bits per heavy atom. The summed E-state index contributed by atoms with van der Waals surface area (Å²) in [7, 11) is 1.69. The number of hydrogen-bond donors (Lipinski definition) is 2. The van der Waals surface area contributed by atoms with Gasteiger partial charge in [0.2, 0.25) is 0 Å². The summed E-state index contributed by atoms with van der Waals surface area (Å²) in [6.07, 6.45) is 3.47. The van der Waals surface area contributed by atoms with E-state index < -0.39 is 23.8 Å². The predicted molar refractivity (Wildman–Crippen MR) is 78.5 cm³/mol. The number of benzene rings is 1. The fourth-order valence-electron chi connectivity index (χ4n) is 2.87. The number of aromatic nitrogens is 2. The van der Waals surface area contributed by atoms with Crippen molar-refractivity contribution in [3.63, 3.8) is 0 Å². The number of aryl methyl sites for hydroxylation is 1. The zero-order valence-electron chi connectivity index (χ0n) is 12.5. The Morgan fingerprint density at radius 2 is 2.17 bits per heavy atom. The first-order valence-electron chi connectivity index (χ1n) is 7.36. The lowest BCUT2D eigenvalue weighted by atomic mass is 9.75. The van der Waals surface area contributed by atoms with Gasteiger partial charge in [0, 0.05) is 24.9 Å². The first kappa shape index (κ1) is 15.6. The molecule has 0 saturated heterocycles. The van der Waals surface area contributed by atoms with Gasteiger partial charge in [-0.15, -0.1) is 0 Å². The van der Waals surface area contributed by atoms with Gasteiger partial charge >= 0.3 is 0 Å². The Kier molecular flexibility index (Phi) is 4.12. The van der Waals surface area contributed by atoms with Crippen molar-refractivity contribution in [1.29, 1.82) is 0 Å². The fraction of sp³-hybridized carbons (Fsp3) is 0.375. The molecule has 1 aliphatic carbocycles. The molecular weight excluding hydrogens is 304 g/mol. The lowest BCUT2D eigenvalue weighted by Gasteiger charge is -2.38. The highest BCUT2D eigenvalue weighted by Crippen LogP contribution is 2.39. The number of aliphatic hydroxyl groups is 1. The standard InChI is InChI=1S/C16H17F2N3O2/c1-21-8-10(7-19-21)16(23)20-15(9-4-12(22)5-9)13-3-2-11(17)6-14(13)18/h2-3,6-9,12,15,22H,4-5H2,1H3,(H,20,23)/t9?,12?,15-/m0/s1. The van der Waals surface area contributed by atoms with Crippen LogP contribution in [0.15, 0.2) is 30.6 Å². The van der Waals surface area contributed by atoms with E-state index in [4.69, 9.17) is 0 Å². The van der Waals surface area contributed by atoms with Gasteiger partial charge in [0.25, 0.3) is 5.91 Å². The van der Waals surface area contributed by atoms with Gasteiger partial charge in [0.1, 0.15) is 11.6 Å². The molecule has 1 heterocycles. The van der Waals surface area contributed by atoms with Gasteiger partial charge in [0.05, 0.1) is 23.9 Å². The third kappa shape index (κ3) is 3.24. The number of amides is 1. The van der Waals surface area contributed by atoms with E-state index in [1.54, 1.807) is 13.2 Å². The molecule has 1 amide bonds. The molecule has 2 aromatic rings. The van der Waals surface area contributed by atoms with Crippen LogP contribution in [-0.4, -0.2) is 26.9 Å². The second kappa shape index (κ2) is 6.08. The van der Waals surface area contributed by atoms with Crippen LogP contribution < -0.4 is 5.32 Å². The van der Waals surface area contributed by atoms with Crippen LogP contribution in [0, 0.1) is 17.6 Å². The van der Waals surface area contributed by atoms with E-state index in [2.05, 4.69) is 10.4 Å². The van der Waals surface area contributed by atoms with Crippen molar-refractivity contribution in [2.75, 3.05) is 0 Å². The van der Waals surface area contributed by atoms with Crippen LogP contribution in [0.1, 0.15) is 34.8 Å². The van der Waals surface area contributed by atoms with Gasteiger partial charge in [-0.05, 0) is 24.8 Å². The topological polar surface area (TPSA) is 67.2 Å². The number of nitrogens with one attached hydrogen (secondary N) is 1. The van der Waals surface area contributed by atoms with Crippen LogP contribution in [-0.2, 0) is 7.05 Å². The molecule has 5 nitrogen and oxygen atoms in total. The molecule has 1 fully saturated rings. The molecule has 122 valence electrons. The maximum atomic E-state index is 14.1. The Labute approximate surface area is 131 Å². The summed E-state index contributed by atoms with van der Waals surface area (Å²) in [6, 6.07) is 2.68. The number of aliphatic hydroxyl groups excluding tert-OH is 1. The van der Waals surface area contributed by atoms with Crippen LogP contribution in [0.2, 0.25) is 0 Å². The molecule has 0 aliphatic heterocycles. The number of hydrogen-bond acceptors (Lipinski definition) is 3. The summed E-state index contributed by atoms with van der Waals surface area (Å²) in [5.74, 6) is -1.85.